The van der Waals surface area contributed by atoms with E-state index < -0.39 is 0 Å². The molecule has 0 N–H and O–H groups in total. The van der Waals surface area contributed by atoms with Gasteiger partial charge in [-0.05, 0) is 31.5 Å². The van der Waals surface area contributed by atoms with Crippen LogP contribution in [0.15, 0.2) is 39.1 Å². The fourth-order valence-corrected chi connectivity index (χ4v) is 3.05. The minimum absolute atomic E-state index is 0.834. The van der Waals surface area contributed by atoms with E-state index in [-0.39, 0.29) is 0 Å². The van der Waals surface area contributed by atoms with Gasteiger partial charge in [-0.15, -0.1) is 11.3 Å². The first kappa shape index (κ1) is 12.6. The van der Waals surface area contributed by atoms with Crippen LogP contribution < -0.4 is 4.80 Å². The second-order valence-electron chi connectivity index (χ2n) is 3.63. The fraction of sp³-hybridized carbons (Fsp3) is 0.308. The molecule has 0 radical (unpaired) electrons. The average Bonchev–Trinajstić information content (AvgIpc) is 2.73. The van der Waals surface area contributed by atoms with Gasteiger partial charge < -0.3 is 4.57 Å². The standard InChI is InChI=1S/C13H15BrN2S/c1-3-15-13-16(4-2)12(9-17-13)10-5-7-11(14)8-6-10/h5-9H,3-4H2,1-2H3. The number of halogens is 1. The van der Waals surface area contributed by atoms with Gasteiger partial charge in [0.05, 0.1) is 5.69 Å². The van der Waals surface area contributed by atoms with Crippen LogP contribution in [0.4, 0.5) is 0 Å². The molecule has 0 aliphatic heterocycles. The molecule has 0 aliphatic carbocycles. The Labute approximate surface area is 114 Å². The lowest BCUT2D eigenvalue weighted by molar-refractivity contribution is 0.735. The molecule has 0 spiro atoms. The van der Waals surface area contributed by atoms with Crippen LogP contribution in [0.3, 0.4) is 0 Å². The predicted molar refractivity (Wildman–Crippen MR) is 77.2 cm³/mol. The van der Waals surface area contributed by atoms with Gasteiger partial charge >= 0.3 is 0 Å². The summed E-state index contributed by atoms with van der Waals surface area (Å²) in [7, 11) is 0. The van der Waals surface area contributed by atoms with Crippen molar-refractivity contribution in [1.29, 1.82) is 0 Å². The molecule has 4 heteroatoms. The van der Waals surface area contributed by atoms with Crippen molar-refractivity contribution in [2.24, 2.45) is 4.99 Å². The maximum absolute atomic E-state index is 4.51. The van der Waals surface area contributed by atoms with E-state index in [4.69, 9.17) is 0 Å². The summed E-state index contributed by atoms with van der Waals surface area (Å²) in [5.41, 5.74) is 2.49. The summed E-state index contributed by atoms with van der Waals surface area (Å²) >= 11 is 5.17. The number of hydrogen-bond donors (Lipinski definition) is 0. The summed E-state index contributed by atoms with van der Waals surface area (Å²) in [6, 6.07) is 8.41. The van der Waals surface area contributed by atoms with Crippen LogP contribution >= 0.6 is 27.3 Å². The Morgan fingerprint density at radius 2 is 1.94 bits per heavy atom. The summed E-state index contributed by atoms with van der Waals surface area (Å²) in [4.78, 5) is 5.62. The van der Waals surface area contributed by atoms with Crippen LogP contribution in [-0.4, -0.2) is 11.1 Å². The molecule has 0 amide bonds. The second-order valence-corrected chi connectivity index (χ2v) is 5.38. The van der Waals surface area contributed by atoms with Gasteiger partial charge in [0.15, 0.2) is 4.80 Å². The molecule has 0 saturated carbocycles. The first-order valence-electron chi connectivity index (χ1n) is 5.71. The highest BCUT2D eigenvalue weighted by Crippen LogP contribution is 2.22. The molecular formula is C13H15BrN2S. The van der Waals surface area contributed by atoms with Gasteiger partial charge in [0.25, 0.3) is 0 Å². The van der Waals surface area contributed by atoms with E-state index in [0.717, 1.165) is 22.4 Å². The Bertz CT molecular complexity index is 552. The van der Waals surface area contributed by atoms with Crippen molar-refractivity contribution in [3.8, 4) is 11.3 Å². The van der Waals surface area contributed by atoms with Gasteiger partial charge in [0.1, 0.15) is 0 Å². The highest BCUT2D eigenvalue weighted by molar-refractivity contribution is 9.10. The van der Waals surface area contributed by atoms with Crippen LogP contribution in [0.25, 0.3) is 11.3 Å². The number of thiazole rings is 1. The minimum atomic E-state index is 0.834. The molecule has 1 aromatic carbocycles. The van der Waals surface area contributed by atoms with E-state index in [9.17, 15) is 0 Å². The third-order valence-corrected chi connectivity index (χ3v) is 3.98. The van der Waals surface area contributed by atoms with Crippen molar-refractivity contribution >= 4 is 27.3 Å². The summed E-state index contributed by atoms with van der Waals surface area (Å²) < 4.78 is 3.37. The van der Waals surface area contributed by atoms with E-state index in [1.54, 1.807) is 11.3 Å². The quantitative estimate of drug-likeness (QED) is 0.817. The lowest BCUT2D eigenvalue weighted by Gasteiger charge is -2.06. The Hall–Kier alpha value is -0.870. The second kappa shape index (κ2) is 5.65. The maximum atomic E-state index is 4.51. The third kappa shape index (κ3) is 2.69. The molecule has 0 aliphatic rings. The highest BCUT2D eigenvalue weighted by Gasteiger charge is 2.05. The minimum Gasteiger partial charge on any atom is -0.317 e. The molecule has 0 bridgehead atoms. The van der Waals surface area contributed by atoms with Crippen LogP contribution in [0.1, 0.15) is 13.8 Å². The number of benzene rings is 1. The van der Waals surface area contributed by atoms with Crippen LogP contribution in [0, 0.1) is 0 Å². The van der Waals surface area contributed by atoms with E-state index in [0.29, 0.717) is 0 Å². The molecule has 1 aromatic heterocycles. The zero-order valence-corrected chi connectivity index (χ0v) is 12.4. The lowest BCUT2D eigenvalue weighted by atomic mass is 10.2. The van der Waals surface area contributed by atoms with Crippen molar-refractivity contribution in [3.63, 3.8) is 0 Å². The normalized spacial score (nSPS) is 12.1. The summed E-state index contributed by atoms with van der Waals surface area (Å²) in [6.07, 6.45) is 0. The average molecular weight is 311 g/mol. The van der Waals surface area contributed by atoms with Crippen molar-refractivity contribution in [3.05, 3.63) is 38.9 Å². The van der Waals surface area contributed by atoms with Gasteiger partial charge in [-0.2, -0.15) is 0 Å². The highest BCUT2D eigenvalue weighted by atomic mass is 79.9. The predicted octanol–water partition coefficient (Wildman–Crippen LogP) is 3.92. The number of aromatic nitrogens is 1. The number of rotatable bonds is 3. The lowest BCUT2D eigenvalue weighted by Crippen LogP contribution is -2.14. The zero-order valence-electron chi connectivity index (χ0n) is 9.98. The molecule has 0 saturated heterocycles. The molecule has 2 nitrogen and oxygen atoms in total. The van der Waals surface area contributed by atoms with Crippen molar-refractivity contribution < 1.29 is 0 Å². The fourth-order valence-electron chi connectivity index (χ4n) is 1.75. The van der Waals surface area contributed by atoms with Gasteiger partial charge in [0.2, 0.25) is 0 Å². The third-order valence-electron chi connectivity index (χ3n) is 2.55. The first-order chi connectivity index (χ1) is 8.26. The Morgan fingerprint density at radius 3 is 2.53 bits per heavy atom. The molecule has 2 aromatic rings. The van der Waals surface area contributed by atoms with Gasteiger partial charge in [0, 0.05) is 22.9 Å². The molecule has 0 fully saturated rings. The Kier molecular flexibility index (Phi) is 4.18. The van der Waals surface area contributed by atoms with Crippen molar-refractivity contribution in [2.45, 2.75) is 20.4 Å². The van der Waals surface area contributed by atoms with E-state index in [2.05, 4.69) is 69.0 Å². The van der Waals surface area contributed by atoms with Crippen LogP contribution in [0.5, 0.6) is 0 Å². The molecule has 1 heterocycles. The molecule has 0 atom stereocenters. The monoisotopic (exact) mass is 310 g/mol. The Morgan fingerprint density at radius 1 is 1.24 bits per heavy atom. The van der Waals surface area contributed by atoms with E-state index in [1.807, 2.05) is 0 Å². The van der Waals surface area contributed by atoms with Crippen molar-refractivity contribution in [2.75, 3.05) is 6.54 Å². The maximum Gasteiger partial charge on any atom is 0.185 e. The van der Waals surface area contributed by atoms with Gasteiger partial charge in [-0.1, -0.05) is 28.1 Å². The van der Waals surface area contributed by atoms with Crippen molar-refractivity contribution in [1.82, 2.24) is 4.57 Å². The van der Waals surface area contributed by atoms with Crippen LogP contribution in [0.2, 0.25) is 0 Å². The van der Waals surface area contributed by atoms with E-state index >= 15 is 0 Å². The van der Waals surface area contributed by atoms with Gasteiger partial charge in [-0.3, -0.25) is 4.99 Å². The topological polar surface area (TPSA) is 17.3 Å². The molecule has 0 unspecified atom stereocenters. The molecule has 17 heavy (non-hydrogen) atoms. The SMILES string of the molecule is CCN=c1scc(-c2ccc(Br)cc2)n1CC. The summed E-state index contributed by atoms with van der Waals surface area (Å²) in [5, 5.41) is 2.18. The first-order valence-corrected chi connectivity index (χ1v) is 7.38. The molecule has 90 valence electrons. The summed E-state index contributed by atoms with van der Waals surface area (Å²) in [5.74, 6) is 0. The number of nitrogens with zero attached hydrogens (tertiary/aromatic N) is 2. The van der Waals surface area contributed by atoms with Crippen LogP contribution in [-0.2, 0) is 6.54 Å². The van der Waals surface area contributed by atoms with Gasteiger partial charge in [-0.25, -0.2) is 0 Å². The Balaban J connectivity index is 2.52. The summed E-state index contributed by atoms with van der Waals surface area (Å²) in [6.45, 7) is 6.01. The zero-order chi connectivity index (χ0) is 12.3. The molecule has 2 rings (SSSR count). The smallest absolute Gasteiger partial charge is 0.185 e. The largest absolute Gasteiger partial charge is 0.317 e. The number of hydrogen-bond acceptors (Lipinski definition) is 2. The molecular weight excluding hydrogens is 296 g/mol. The van der Waals surface area contributed by atoms with E-state index in [1.165, 1.54) is 11.3 Å².